The van der Waals surface area contributed by atoms with Crippen LogP contribution in [0.15, 0.2) is 12.2 Å². The van der Waals surface area contributed by atoms with Gasteiger partial charge in [0.1, 0.15) is 6.67 Å². The Morgan fingerprint density at radius 2 is 2.38 bits per heavy atom. The third-order valence-corrected chi connectivity index (χ3v) is 2.47. The predicted molar refractivity (Wildman–Crippen MR) is 56.6 cm³/mol. The van der Waals surface area contributed by atoms with Crippen molar-refractivity contribution in [2.45, 2.75) is 12.5 Å². The fraction of sp³-hybridized carbons (Fsp3) is 0.600. The molecule has 1 fully saturated rings. The standard InChI is InChI=1S/C10H15FN4O/c11-4-1-2-10(16)15-7-6-14(13)8-9(15)3-5-12/h1-2,9H,3-4,6-8,13H2/b2-1+/t9-/m0/s1. The first-order valence-corrected chi connectivity index (χ1v) is 5.08. The summed E-state index contributed by atoms with van der Waals surface area (Å²) in [6.07, 6.45) is 2.61. The van der Waals surface area contributed by atoms with Gasteiger partial charge in [0.05, 0.1) is 18.5 Å². The monoisotopic (exact) mass is 226 g/mol. The van der Waals surface area contributed by atoms with Gasteiger partial charge in [-0.15, -0.1) is 0 Å². The molecule has 1 atom stereocenters. The van der Waals surface area contributed by atoms with Crippen molar-refractivity contribution in [2.24, 2.45) is 5.84 Å². The first-order valence-electron chi connectivity index (χ1n) is 5.08. The van der Waals surface area contributed by atoms with Gasteiger partial charge >= 0.3 is 0 Å². The minimum absolute atomic E-state index is 0.208. The molecule has 88 valence electrons. The molecule has 6 heteroatoms. The molecule has 5 nitrogen and oxygen atoms in total. The molecule has 0 unspecified atom stereocenters. The number of allylic oxidation sites excluding steroid dienone is 1. The van der Waals surface area contributed by atoms with Crippen LogP contribution >= 0.6 is 0 Å². The third-order valence-electron chi connectivity index (χ3n) is 2.47. The van der Waals surface area contributed by atoms with Crippen molar-refractivity contribution in [1.82, 2.24) is 9.91 Å². The maximum absolute atomic E-state index is 11.9. The number of hydrazine groups is 1. The summed E-state index contributed by atoms with van der Waals surface area (Å²) in [7, 11) is 0. The van der Waals surface area contributed by atoms with E-state index in [1.165, 1.54) is 12.2 Å². The lowest BCUT2D eigenvalue weighted by molar-refractivity contribution is -0.130. The molecule has 0 aromatic heterocycles. The molecule has 1 heterocycles. The van der Waals surface area contributed by atoms with Gasteiger partial charge in [0.15, 0.2) is 0 Å². The average Bonchev–Trinajstić information content (AvgIpc) is 2.26. The maximum atomic E-state index is 11.9. The number of nitriles is 1. The molecule has 0 spiro atoms. The molecule has 0 radical (unpaired) electrons. The van der Waals surface area contributed by atoms with Crippen molar-refractivity contribution in [3.8, 4) is 6.07 Å². The van der Waals surface area contributed by atoms with Crippen LogP contribution in [0.3, 0.4) is 0 Å². The quantitative estimate of drug-likeness (QED) is 0.535. The van der Waals surface area contributed by atoms with Crippen LogP contribution in [0.25, 0.3) is 0 Å². The fourth-order valence-electron chi connectivity index (χ4n) is 1.69. The normalized spacial score (nSPS) is 22.3. The van der Waals surface area contributed by atoms with E-state index in [-0.39, 0.29) is 18.4 Å². The number of piperazine rings is 1. The minimum Gasteiger partial charge on any atom is -0.332 e. The van der Waals surface area contributed by atoms with Gasteiger partial charge in [-0.3, -0.25) is 10.6 Å². The molecule has 0 aliphatic carbocycles. The van der Waals surface area contributed by atoms with Crippen LogP contribution in [0, 0.1) is 11.3 Å². The van der Waals surface area contributed by atoms with E-state index in [1.54, 1.807) is 9.91 Å². The van der Waals surface area contributed by atoms with Crippen molar-refractivity contribution in [3.63, 3.8) is 0 Å². The molecule has 16 heavy (non-hydrogen) atoms. The van der Waals surface area contributed by atoms with Gasteiger partial charge in [-0.05, 0) is 6.08 Å². The number of nitrogens with two attached hydrogens (primary N) is 1. The van der Waals surface area contributed by atoms with Gasteiger partial charge in [0.2, 0.25) is 5.91 Å². The van der Waals surface area contributed by atoms with Gasteiger partial charge in [0.25, 0.3) is 0 Å². The van der Waals surface area contributed by atoms with Crippen LogP contribution in [0.2, 0.25) is 0 Å². The maximum Gasteiger partial charge on any atom is 0.246 e. The summed E-state index contributed by atoms with van der Waals surface area (Å²) < 4.78 is 11.9. The summed E-state index contributed by atoms with van der Waals surface area (Å²) in [6, 6.07) is 1.82. The van der Waals surface area contributed by atoms with Crippen LogP contribution in [0.1, 0.15) is 6.42 Å². The molecule has 0 aromatic carbocycles. The number of amides is 1. The van der Waals surface area contributed by atoms with Crippen LogP contribution in [0.5, 0.6) is 0 Å². The Hall–Kier alpha value is -1.45. The summed E-state index contributed by atoms with van der Waals surface area (Å²) in [6.45, 7) is 0.851. The smallest absolute Gasteiger partial charge is 0.246 e. The second kappa shape index (κ2) is 6.20. The number of hydrogen-bond donors (Lipinski definition) is 1. The molecule has 1 saturated heterocycles. The van der Waals surface area contributed by atoms with Crippen LogP contribution in [-0.4, -0.2) is 48.2 Å². The highest BCUT2D eigenvalue weighted by Crippen LogP contribution is 2.11. The van der Waals surface area contributed by atoms with E-state index in [4.69, 9.17) is 11.1 Å². The zero-order valence-corrected chi connectivity index (χ0v) is 8.97. The Morgan fingerprint density at radius 1 is 1.62 bits per heavy atom. The number of hydrogen-bond acceptors (Lipinski definition) is 4. The molecular weight excluding hydrogens is 211 g/mol. The Balaban J connectivity index is 2.65. The predicted octanol–water partition coefficient (Wildman–Crippen LogP) is -0.188. The highest BCUT2D eigenvalue weighted by molar-refractivity contribution is 5.88. The number of carbonyl (C=O) groups excluding carboxylic acids is 1. The van der Waals surface area contributed by atoms with Gasteiger partial charge in [-0.2, -0.15) is 5.26 Å². The van der Waals surface area contributed by atoms with Gasteiger partial charge in [0, 0.05) is 25.7 Å². The van der Waals surface area contributed by atoms with E-state index >= 15 is 0 Å². The molecule has 0 bridgehead atoms. The fourth-order valence-corrected chi connectivity index (χ4v) is 1.69. The number of alkyl halides is 1. The molecule has 1 rings (SSSR count). The first-order chi connectivity index (χ1) is 7.69. The number of nitrogens with zero attached hydrogens (tertiary/aromatic N) is 3. The SMILES string of the molecule is N#CC[C@H]1CN(N)CCN1C(=O)/C=C/CF. The molecule has 1 aliphatic rings. The largest absolute Gasteiger partial charge is 0.332 e. The molecule has 0 saturated carbocycles. The summed E-state index contributed by atoms with van der Waals surface area (Å²) in [4.78, 5) is 13.2. The van der Waals surface area contributed by atoms with Crippen molar-refractivity contribution in [3.05, 3.63) is 12.2 Å². The van der Waals surface area contributed by atoms with E-state index in [0.717, 1.165) is 0 Å². The van der Waals surface area contributed by atoms with Crippen molar-refractivity contribution in [2.75, 3.05) is 26.3 Å². The Morgan fingerprint density at radius 3 is 3.00 bits per heavy atom. The first kappa shape index (κ1) is 12.6. The molecule has 2 N–H and O–H groups in total. The lowest BCUT2D eigenvalue weighted by atomic mass is 10.1. The average molecular weight is 226 g/mol. The lowest BCUT2D eigenvalue weighted by Crippen LogP contribution is -2.56. The molecule has 1 aliphatic heterocycles. The van der Waals surface area contributed by atoms with E-state index in [9.17, 15) is 9.18 Å². The van der Waals surface area contributed by atoms with E-state index < -0.39 is 6.67 Å². The minimum atomic E-state index is -0.661. The second-order valence-electron chi connectivity index (χ2n) is 3.60. The summed E-state index contributed by atoms with van der Waals surface area (Å²) >= 11 is 0. The zero-order valence-electron chi connectivity index (χ0n) is 8.97. The van der Waals surface area contributed by atoms with E-state index in [2.05, 4.69) is 0 Å². The van der Waals surface area contributed by atoms with Crippen LogP contribution in [-0.2, 0) is 4.79 Å². The van der Waals surface area contributed by atoms with E-state index in [1.807, 2.05) is 6.07 Å². The number of rotatable bonds is 3. The van der Waals surface area contributed by atoms with Crippen molar-refractivity contribution < 1.29 is 9.18 Å². The zero-order chi connectivity index (χ0) is 12.0. The topological polar surface area (TPSA) is 73.4 Å². The molecule has 0 aromatic rings. The van der Waals surface area contributed by atoms with Crippen LogP contribution < -0.4 is 5.84 Å². The highest BCUT2D eigenvalue weighted by Gasteiger charge is 2.27. The third kappa shape index (κ3) is 3.29. The Bertz CT molecular complexity index is 312. The number of halogens is 1. The van der Waals surface area contributed by atoms with E-state index in [0.29, 0.717) is 19.6 Å². The summed E-state index contributed by atoms with van der Waals surface area (Å²) in [5.41, 5.74) is 0. The van der Waals surface area contributed by atoms with Gasteiger partial charge in [-0.1, -0.05) is 0 Å². The second-order valence-corrected chi connectivity index (χ2v) is 3.60. The summed E-state index contributed by atoms with van der Waals surface area (Å²) in [5, 5.41) is 10.2. The van der Waals surface area contributed by atoms with Crippen molar-refractivity contribution in [1.29, 1.82) is 5.26 Å². The Kier molecular flexibility index (Phi) is 4.89. The van der Waals surface area contributed by atoms with Crippen LogP contribution in [0.4, 0.5) is 4.39 Å². The number of carbonyl (C=O) groups is 1. The Labute approximate surface area is 93.9 Å². The lowest BCUT2D eigenvalue weighted by Gasteiger charge is -2.38. The highest BCUT2D eigenvalue weighted by atomic mass is 19.1. The summed E-state index contributed by atoms with van der Waals surface area (Å²) in [5.74, 6) is 5.37. The molecule has 1 amide bonds. The van der Waals surface area contributed by atoms with Gasteiger partial charge < -0.3 is 4.90 Å². The molecular formula is C10H15FN4O. The van der Waals surface area contributed by atoms with Crippen molar-refractivity contribution >= 4 is 5.91 Å². The van der Waals surface area contributed by atoms with Gasteiger partial charge in [-0.25, -0.2) is 9.40 Å².